The van der Waals surface area contributed by atoms with Crippen LogP contribution in [0.3, 0.4) is 0 Å². The Balaban J connectivity index is 1.59. The predicted octanol–water partition coefficient (Wildman–Crippen LogP) is 4.62. The van der Waals surface area contributed by atoms with Crippen LogP contribution >= 0.6 is 34.8 Å². The van der Waals surface area contributed by atoms with E-state index in [0.29, 0.717) is 39.8 Å². The molecule has 0 bridgehead atoms. The Morgan fingerprint density at radius 3 is 2.47 bits per heavy atom. The third-order valence-electron chi connectivity index (χ3n) is 4.88. The molecule has 0 atom stereocenters. The maximum absolute atomic E-state index is 6.53. The van der Waals surface area contributed by atoms with Crippen molar-refractivity contribution in [2.24, 2.45) is 0 Å². The van der Waals surface area contributed by atoms with E-state index in [0.717, 1.165) is 56.9 Å². The van der Waals surface area contributed by atoms with Gasteiger partial charge in [-0.3, -0.25) is 4.90 Å². The van der Waals surface area contributed by atoms with Crippen molar-refractivity contribution in [2.75, 3.05) is 45.9 Å². The Kier molecular flexibility index (Phi) is 9.37. The summed E-state index contributed by atoms with van der Waals surface area (Å²) < 4.78 is 11.8. The molecular formula is C22H28Cl3N3O2. The highest BCUT2D eigenvalue weighted by Crippen LogP contribution is 2.37. The third kappa shape index (κ3) is 6.91. The first-order valence-corrected chi connectivity index (χ1v) is 11.4. The predicted molar refractivity (Wildman–Crippen MR) is 124 cm³/mol. The molecule has 3 rings (SSSR count). The maximum Gasteiger partial charge on any atom is 0.180 e. The smallest absolute Gasteiger partial charge is 0.180 e. The molecular weight excluding hydrogens is 445 g/mol. The summed E-state index contributed by atoms with van der Waals surface area (Å²) in [6.45, 7) is 9.82. The lowest BCUT2D eigenvalue weighted by atomic mass is 10.2. The van der Waals surface area contributed by atoms with Gasteiger partial charge in [0.05, 0.1) is 21.7 Å². The van der Waals surface area contributed by atoms with Crippen molar-refractivity contribution < 1.29 is 9.47 Å². The minimum Gasteiger partial charge on any atom is -0.490 e. The van der Waals surface area contributed by atoms with Crippen LogP contribution in [0, 0.1) is 0 Å². The van der Waals surface area contributed by atoms with Crippen LogP contribution < -0.4 is 20.1 Å². The van der Waals surface area contributed by atoms with Gasteiger partial charge in [-0.05, 0) is 42.3 Å². The molecule has 1 saturated heterocycles. The first-order chi connectivity index (χ1) is 14.6. The molecule has 0 radical (unpaired) electrons. The van der Waals surface area contributed by atoms with E-state index in [1.165, 1.54) is 0 Å². The van der Waals surface area contributed by atoms with Crippen molar-refractivity contribution in [1.82, 2.24) is 15.5 Å². The molecule has 1 heterocycles. The summed E-state index contributed by atoms with van der Waals surface area (Å²) in [6, 6.07) is 9.32. The van der Waals surface area contributed by atoms with E-state index in [4.69, 9.17) is 44.3 Å². The van der Waals surface area contributed by atoms with Crippen molar-refractivity contribution in [3.8, 4) is 11.5 Å². The molecule has 0 aromatic heterocycles. The molecule has 0 spiro atoms. The molecule has 1 aliphatic heterocycles. The Bertz CT molecular complexity index is 830. The highest BCUT2D eigenvalue weighted by atomic mass is 35.5. The van der Waals surface area contributed by atoms with E-state index in [2.05, 4.69) is 15.5 Å². The monoisotopic (exact) mass is 471 g/mol. The molecule has 0 saturated carbocycles. The number of nitrogens with zero attached hydrogens (tertiary/aromatic N) is 1. The van der Waals surface area contributed by atoms with E-state index in [1.807, 2.05) is 25.1 Å². The second kappa shape index (κ2) is 12.0. The fraction of sp³-hybridized carbons (Fsp3) is 0.455. The quantitative estimate of drug-likeness (QED) is 0.494. The molecule has 2 N–H and O–H groups in total. The van der Waals surface area contributed by atoms with Crippen molar-refractivity contribution in [3.05, 3.63) is 56.5 Å². The summed E-state index contributed by atoms with van der Waals surface area (Å²) in [5, 5.41) is 8.40. The van der Waals surface area contributed by atoms with Crippen LogP contribution in [-0.2, 0) is 13.2 Å². The first-order valence-electron chi connectivity index (χ1n) is 10.2. The van der Waals surface area contributed by atoms with Gasteiger partial charge in [-0.15, -0.1) is 0 Å². The maximum atomic E-state index is 6.53. The Morgan fingerprint density at radius 2 is 1.73 bits per heavy atom. The fourth-order valence-electron chi connectivity index (χ4n) is 3.32. The molecule has 5 nitrogen and oxygen atoms in total. The second-order valence-corrected chi connectivity index (χ2v) is 8.37. The van der Waals surface area contributed by atoms with E-state index in [9.17, 15) is 0 Å². The van der Waals surface area contributed by atoms with Crippen molar-refractivity contribution in [3.63, 3.8) is 0 Å². The number of halogens is 3. The van der Waals surface area contributed by atoms with Crippen molar-refractivity contribution >= 4 is 34.8 Å². The van der Waals surface area contributed by atoms with Gasteiger partial charge < -0.3 is 20.1 Å². The van der Waals surface area contributed by atoms with Crippen LogP contribution in [0.25, 0.3) is 0 Å². The Hall–Kier alpha value is -1.21. The lowest BCUT2D eigenvalue weighted by Crippen LogP contribution is -2.45. The van der Waals surface area contributed by atoms with Gasteiger partial charge in [0.25, 0.3) is 0 Å². The van der Waals surface area contributed by atoms with Gasteiger partial charge in [0, 0.05) is 45.8 Å². The zero-order valence-electron chi connectivity index (χ0n) is 17.1. The van der Waals surface area contributed by atoms with Crippen LogP contribution in [0.2, 0.25) is 15.1 Å². The molecule has 0 amide bonds. The van der Waals surface area contributed by atoms with Crippen LogP contribution in [0.4, 0.5) is 0 Å². The minimum atomic E-state index is 0.318. The summed E-state index contributed by atoms with van der Waals surface area (Å²) in [5.74, 6) is 1.18. The molecule has 0 aliphatic carbocycles. The summed E-state index contributed by atoms with van der Waals surface area (Å²) in [7, 11) is 0. The molecule has 8 heteroatoms. The van der Waals surface area contributed by atoms with Crippen LogP contribution in [0.15, 0.2) is 30.3 Å². The summed E-state index contributed by atoms with van der Waals surface area (Å²) in [5.41, 5.74) is 1.97. The van der Waals surface area contributed by atoms with Crippen LogP contribution in [0.1, 0.15) is 18.1 Å². The average molecular weight is 473 g/mol. The van der Waals surface area contributed by atoms with Gasteiger partial charge in [0.1, 0.15) is 6.61 Å². The normalized spacial score (nSPS) is 14.7. The zero-order chi connectivity index (χ0) is 21.3. The topological polar surface area (TPSA) is 45.8 Å². The van der Waals surface area contributed by atoms with Gasteiger partial charge >= 0.3 is 0 Å². The zero-order valence-corrected chi connectivity index (χ0v) is 19.4. The van der Waals surface area contributed by atoms with Gasteiger partial charge in [-0.1, -0.05) is 40.9 Å². The minimum absolute atomic E-state index is 0.318. The van der Waals surface area contributed by atoms with E-state index in [1.54, 1.807) is 12.1 Å². The Morgan fingerprint density at radius 1 is 0.967 bits per heavy atom. The highest BCUT2D eigenvalue weighted by Gasteiger charge is 2.14. The average Bonchev–Trinajstić information content (AvgIpc) is 2.74. The number of nitrogens with one attached hydrogen (secondary N) is 2. The summed E-state index contributed by atoms with van der Waals surface area (Å²) >= 11 is 18.6. The lowest BCUT2D eigenvalue weighted by molar-refractivity contribution is 0.241. The number of rotatable bonds is 10. The molecule has 1 aliphatic rings. The lowest BCUT2D eigenvalue weighted by Gasteiger charge is -2.27. The van der Waals surface area contributed by atoms with Crippen LogP contribution in [-0.4, -0.2) is 50.8 Å². The summed E-state index contributed by atoms with van der Waals surface area (Å²) in [6.07, 6.45) is 0. The molecule has 164 valence electrons. The number of ether oxygens (including phenoxy) is 2. The Labute approximate surface area is 193 Å². The van der Waals surface area contributed by atoms with Crippen molar-refractivity contribution in [2.45, 2.75) is 20.1 Å². The first kappa shape index (κ1) is 23.5. The highest BCUT2D eigenvalue weighted by molar-refractivity contribution is 6.42. The number of hydrogen-bond acceptors (Lipinski definition) is 5. The second-order valence-electron chi connectivity index (χ2n) is 7.14. The number of hydrogen-bond donors (Lipinski definition) is 2. The van der Waals surface area contributed by atoms with Crippen molar-refractivity contribution in [1.29, 1.82) is 0 Å². The van der Waals surface area contributed by atoms with Gasteiger partial charge in [-0.25, -0.2) is 0 Å². The van der Waals surface area contributed by atoms with E-state index in [-0.39, 0.29) is 0 Å². The largest absolute Gasteiger partial charge is 0.490 e. The molecule has 0 unspecified atom stereocenters. The van der Waals surface area contributed by atoms with Gasteiger partial charge in [-0.2, -0.15) is 0 Å². The molecule has 2 aromatic carbocycles. The van der Waals surface area contributed by atoms with E-state index < -0.39 is 0 Å². The molecule has 30 heavy (non-hydrogen) atoms. The van der Waals surface area contributed by atoms with Crippen LogP contribution in [0.5, 0.6) is 11.5 Å². The SMILES string of the molecule is CCOc1cc(CNCCN2CCNCC2)cc(Cl)c1OCc1ccc(Cl)c(Cl)c1. The number of piperazine rings is 1. The van der Waals surface area contributed by atoms with Gasteiger partial charge in [0.15, 0.2) is 11.5 Å². The molecule has 1 fully saturated rings. The standard InChI is InChI=1S/C22H28Cl3N3O2/c1-2-29-21-13-17(14-27-7-10-28-8-5-26-6-9-28)12-20(25)22(21)30-15-16-3-4-18(23)19(24)11-16/h3-4,11-13,26-27H,2,5-10,14-15H2,1H3. The fourth-order valence-corrected chi connectivity index (χ4v) is 3.92. The third-order valence-corrected chi connectivity index (χ3v) is 5.90. The van der Waals surface area contributed by atoms with E-state index >= 15 is 0 Å². The summed E-state index contributed by atoms with van der Waals surface area (Å²) in [4.78, 5) is 2.46. The van der Waals surface area contributed by atoms with Gasteiger partial charge in [0.2, 0.25) is 0 Å². The number of benzene rings is 2. The molecule has 2 aromatic rings.